The molecule has 2 N–H and O–H groups in total. The molecule has 68 valence electrons. The van der Waals surface area contributed by atoms with Gasteiger partial charge in [0.05, 0.1) is 25.0 Å². The number of H-pyrrole nitrogens is 1. The predicted octanol–water partition coefficient (Wildman–Crippen LogP) is -0.340. The van der Waals surface area contributed by atoms with Crippen LogP contribution < -0.4 is 0 Å². The van der Waals surface area contributed by atoms with Gasteiger partial charge in [-0.2, -0.15) is 5.10 Å². The molecule has 0 aromatic carbocycles. The molecule has 0 atom stereocenters. The van der Waals surface area contributed by atoms with Crippen LogP contribution in [0.3, 0.4) is 0 Å². The Morgan fingerprint density at radius 1 is 1.54 bits per heavy atom. The van der Waals surface area contributed by atoms with E-state index in [4.69, 9.17) is 5.11 Å². The van der Waals surface area contributed by atoms with Crippen LogP contribution in [0.25, 0.3) is 11.4 Å². The lowest BCUT2D eigenvalue weighted by molar-refractivity contribution is 0.268. The summed E-state index contributed by atoms with van der Waals surface area (Å²) in [5.74, 6) is 0. The van der Waals surface area contributed by atoms with Crippen LogP contribution in [0.4, 0.5) is 0 Å². The van der Waals surface area contributed by atoms with Gasteiger partial charge >= 0.3 is 0 Å². The molecule has 0 saturated carbocycles. The minimum absolute atomic E-state index is 0.0613. The first-order valence-electron chi connectivity index (χ1n) is 3.91. The largest absolute Gasteiger partial charge is 0.394 e. The fourth-order valence-corrected chi connectivity index (χ4v) is 1.03. The van der Waals surface area contributed by atoms with Gasteiger partial charge in [0, 0.05) is 6.20 Å². The number of aromatic amines is 1. The molecule has 2 aromatic heterocycles. The van der Waals surface area contributed by atoms with Crippen LogP contribution >= 0.6 is 0 Å². The molecule has 0 spiro atoms. The molecule has 6 heteroatoms. The maximum atomic E-state index is 8.65. The van der Waals surface area contributed by atoms with Gasteiger partial charge in [-0.15, -0.1) is 5.10 Å². The Balaban J connectivity index is 2.23. The van der Waals surface area contributed by atoms with Gasteiger partial charge in [0.2, 0.25) is 0 Å². The van der Waals surface area contributed by atoms with Crippen molar-refractivity contribution in [1.82, 2.24) is 25.2 Å². The number of rotatable bonds is 3. The molecule has 0 amide bonds. The molecule has 0 unspecified atom stereocenters. The lowest BCUT2D eigenvalue weighted by Crippen LogP contribution is -2.01. The number of aromatic nitrogens is 5. The average Bonchev–Trinajstić information content (AvgIpc) is 2.70. The van der Waals surface area contributed by atoms with Crippen LogP contribution in [-0.4, -0.2) is 36.9 Å². The van der Waals surface area contributed by atoms with Crippen LogP contribution in [0.1, 0.15) is 0 Å². The van der Waals surface area contributed by atoms with E-state index in [2.05, 4.69) is 20.5 Å². The van der Waals surface area contributed by atoms with Crippen molar-refractivity contribution in [1.29, 1.82) is 0 Å². The van der Waals surface area contributed by atoms with E-state index in [1.807, 2.05) is 6.07 Å². The van der Waals surface area contributed by atoms with Crippen molar-refractivity contribution in [2.45, 2.75) is 6.54 Å². The average molecular weight is 179 g/mol. The minimum Gasteiger partial charge on any atom is -0.394 e. The monoisotopic (exact) mass is 179 g/mol. The van der Waals surface area contributed by atoms with E-state index >= 15 is 0 Å². The molecule has 0 aliphatic carbocycles. The SMILES string of the molecule is OCCn1cc(-c2ccn[nH]2)nn1. The summed E-state index contributed by atoms with van der Waals surface area (Å²) in [7, 11) is 0. The van der Waals surface area contributed by atoms with Gasteiger partial charge in [-0.25, -0.2) is 4.68 Å². The quantitative estimate of drug-likeness (QED) is 0.675. The third-order valence-electron chi connectivity index (χ3n) is 1.64. The fourth-order valence-electron chi connectivity index (χ4n) is 1.03. The van der Waals surface area contributed by atoms with Crippen molar-refractivity contribution in [2.24, 2.45) is 0 Å². The first-order valence-corrected chi connectivity index (χ1v) is 3.91. The Hall–Kier alpha value is -1.69. The molecular formula is C7H9N5O. The third-order valence-corrected chi connectivity index (χ3v) is 1.64. The highest BCUT2D eigenvalue weighted by Gasteiger charge is 2.03. The van der Waals surface area contributed by atoms with Crippen LogP contribution in [0.15, 0.2) is 18.5 Å². The van der Waals surface area contributed by atoms with E-state index < -0.39 is 0 Å². The van der Waals surface area contributed by atoms with Gasteiger partial charge in [0.1, 0.15) is 5.69 Å². The van der Waals surface area contributed by atoms with Crippen LogP contribution in [0.5, 0.6) is 0 Å². The Bertz CT molecular complexity index is 366. The second-order valence-corrected chi connectivity index (χ2v) is 2.56. The van der Waals surface area contributed by atoms with Crippen LogP contribution in [0.2, 0.25) is 0 Å². The van der Waals surface area contributed by atoms with Crippen molar-refractivity contribution < 1.29 is 5.11 Å². The summed E-state index contributed by atoms with van der Waals surface area (Å²) < 4.78 is 1.58. The zero-order valence-electron chi connectivity index (χ0n) is 6.88. The highest BCUT2D eigenvalue weighted by Crippen LogP contribution is 2.10. The topological polar surface area (TPSA) is 79.6 Å². The smallest absolute Gasteiger partial charge is 0.130 e. The lowest BCUT2D eigenvalue weighted by Gasteiger charge is -1.91. The van der Waals surface area contributed by atoms with Crippen LogP contribution in [0, 0.1) is 0 Å². The van der Waals surface area contributed by atoms with Crippen molar-refractivity contribution in [2.75, 3.05) is 6.61 Å². The van der Waals surface area contributed by atoms with Crippen LogP contribution in [-0.2, 0) is 6.54 Å². The third kappa shape index (κ3) is 1.57. The maximum absolute atomic E-state index is 8.65. The highest BCUT2D eigenvalue weighted by molar-refractivity contribution is 5.50. The summed E-state index contributed by atoms with van der Waals surface area (Å²) in [5, 5.41) is 23.0. The van der Waals surface area contributed by atoms with Gasteiger partial charge in [-0.1, -0.05) is 5.21 Å². The molecular weight excluding hydrogens is 170 g/mol. The van der Waals surface area contributed by atoms with Crippen molar-refractivity contribution >= 4 is 0 Å². The van der Waals surface area contributed by atoms with Crippen molar-refractivity contribution in [3.63, 3.8) is 0 Å². The summed E-state index contributed by atoms with van der Waals surface area (Å²) in [6.45, 7) is 0.521. The number of aliphatic hydroxyl groups is 1. The summed E-state index contributed by atoms with van der Waals surface area (Å²) in [4.78, 5) is 0. The number of hydrogen-bond acceptors (Lipinski definition) is 4. The molecule has 0 radical (unpaired) electrons. The lowest BCUT2D eigenvalue weighted by atomic mass is 10.3. The number of nitrogens with zero attached hydrogens (tertiary/aromatic N) is 4. The molecule has 0 aliphatic rings. The van der Waals surface area contributed by atoms with Crippen molar-refractivity contribution in [3.8, 4) is 11.4 Å². The summed E-state index contributed by atoms with van der Waals surface area (Å²) in [6.07, 6.45) is 3.41. The number of nitrogens with one attached hydrogen (secondary N) is 1. The van der Waals surface area contributed by atoms with E-state index in [1.165, 1.54) is 0 Å². The minimum atomic E-state index is 0.0613. The second-order valence-electron chi connectivity index (χ2n) is 2.56. The predicted molar refractivity (Wildman–Crippen MR) is 44.7 cm³/mol. The van der Waals surface area contributed by atoms with Gasteiger partial charge in [0.15, 0.2) is 0 Å². The maximum Gasteiger partial charge on any atom is 0.130 e. The van der Waals surface area contributed by atoms with E-state index in [-0.39, 0.29) is 6.61 Å². The van der Waals surface area contributed by atoms with E-state index in [1.54, 1.807) is 17.1 Å². The zero-order valence-corrected chi connectivity index (χ0v) is 6.88. The molecule has 0 saturated heterocycles. The summed E-state index contributed by atoms with van der Waals surface area (Å²) in [6, 6.07) is 1.81. The molecule has 0 fully saturated rings. The highest BCUT2D eigenvalue weighted by atomic mass is 16.3. The molecule has 13 heavy (non-hydrogen) atoms. The normalized spacial score (nSPS) is 10.5. The number of hydrogen-bond donors (Lipinski definition) is 2. The van der Waals surface area contributed by atoms with Gasteiger partial charge < -0.3 is 5.11 Å². The first-order chi connectivity index (χ1) is 6.40. The molecule has 0 aliphatic heterocycles. The first kappa shape index (κ1) is 7.93. The Morgan fingerprint density at radius 2 is 2.46 bits per heavy atom. The molecule has 6 nitrogen and oxygen atoms in total. The van der Waals surface area contributed by atoms with E-state index in [0.29, 0.717) is 6.54 Å². The zero-order chi connectivity index (χ0) is 9.10. The molecule has 2 rings (SSSR count). The van der Waals surface area contributed by atoms with E-state index in [0.717, 1.165) is 11.4 Å². The Kier molecular flexibility index (Phi) is 2.05. The Labute approximate surface area is 74.2 Å². The van der Waals surface area contributed by atoms with Gasteiger partial charge in [0.25, 0.3) is 0 Å². The molecule has 2 heterocycles. The van der Waals surface area contributed by atoms with Gasteiger partial charge in [-0.3, -0.25) is 5.10 Å². The second kappa shape index (κ2) is 3.36. The molecule has 2 aromatic rings. The molecule has 0 bridgehead atoms. The number of aliphatic hydroxyl groups excluding tert-OH is 1. The summed E-state index contributed by atoms with van der Waals surface area (Å²) >= 11 is 0. The Morgan fingerprint density at radius 3 is 3.15 bits per heavy atom. The van der Waals surface area contributed by atoms with Gasteiger partial charge in [-0.05, 0) is 6.07 Å². The standard InChI is InChI=1S/C7H9N5O/c13-4-3-12-5-7(10-11-12)6-1-2-8-9-6/h1-2,5,13H,3-4H2,(H,8,9). The summed E-state index contributed by atoms with van der Waals surface area (Å²) in [5.41, 5.74) is 1.55. The fraction of sp³-hybridized carbons (Fsp3) is 0.286. The van der Waals surface area contributed by atoms with Crippen molar-refractivity contribution in [3.05, 3.63) is 18.5 Å². The van der Waals surface area contributed by atoms with E-state index in [9.17, 15) is 0 Å².